The van der Waals surface area contributed by atoms with E-state index in [0.29, 0.717) is 18.7 Å². The lowest BCUT2D eigenvalue weighted by atomic mass is 10.00. The fourth-order valence-electron chi connectivity index (χ4n) is 3.51. The number of nitrogens with one attached hydrogen (secondary N) is 2. The van der Waals surface area contributed by atoms with Crippen LogP contribution in [0.5, 0.6) is 5.75 Å². The molecular weight excluding hydrogens is 366 g/mol. The summed E-state index contributed by atoms with van der Waals surface area (Å²) in [5, 5.41) is 16.4. The van der Waals surface area contributed by atoms with Gasteiger partial charge in [0.05, 0.1) is 6.10 Å². The number of carbonyl (C=O) groups excluding carboxylic acids is 1. The summed E-state index contributed by atoms with van der Waals surface area (Å²) in [6.45, 7) is 6.90. The lowest BCUT2D eigenvalue weighted by Crippen LogP contribution is -2.42. The number of β-amino-alcohol motifs (C(OH)–C–C–N with tert-alkyl or cyclic N) is 1. The van der Waals surface area contributed by atoms with Crippen LogP contribution in [0.25, 0.3) is 0 Å². The second kappa shape index (κ2) is 11.0. The van der Waals surface area contributed by atoms with Gasteiger partial charge in [-0.2, -0.15) is 0 Å². The number of fused-ring (bicyclic) bond motifs is 1. The first-order valence-electron chi connectivity index (χ1n) is 10.3. The molecule has 0 aromatic heterocycles. The molecule has 0 fully saturated rings. The molecular formula is C23H31N3O3. The van der Waals surface area contributed by atoms with Crippen LogP contribution in [0.3, 0.4) is 0 Å². The van der Waals surface area contributed by atoms with Gasteiger partial charge >= 0.3 is 0 Å². The van der Waals surface area contributed by atoms with Crippen LogP contribution in [0.4, 0.5) is 0 Å². The number of ether oxygens (including phenoxy) is 1. The van der Waals surface area contributed by atoms with E-state index in [0.717, 1.165) is 38.3 Å². The highest BCUT2D eigenvalue weighted by Crippen LogP contribution is 2.18. The van der Waals surface area contributed by atoms with Gasteiger partial charge in [-0.1, -0.05) is 31.2 Å². The molecule has 0 spiro atoms. The van der Waals surface area contributed by atoms with Crippen molar-refractivity contribution in [1.82, 2.24) is 15.5 Å². The Morgan fingerprint density at radius 2 is 1.93 bits per heavy atom. The molecule has 29 heavy (non-hydrogen) atoms. The summed E-state index contributed by atoms with van der Waals surface area (Å²) in [7, 11) is 0. The van der Waals surface area contributed by atoms with Crippen LogP contribution in [0.15, 0.2) is 48.5 Å². The van der Waals surface area contributed by atoms with Crippen LogP contribution in [-0.2, 0) is 13.0 Å². The first-order chi connectivity index (χ1) is 14.2. The Morgan fingerprint density at radius 3 is 2.69 bits per heavy atom. The molecule has 1 atom stereocenters. The first kappa shape index (κ1) is 21.3. The topological polar surface area (TPSA) is 73.8 Å². The smallest absolute Gasteiger partial charge is 0.251 e. The van der Waals surface area contributed by atoms with Crippen LogP contribution < -0.4 is 15.4 Å². The number of amides is 1. The van der Waals surface area contributed by atoms with Gasteiger partial charge in [0, 0.05) is 38.3 Å². The lowest BCUT2D eigenvalue weighted by Gasteiger charge is -2.30. The number of nitrogens with zero attached hydrogens (tertiary/aromatic N) is 1. The Balaban J connectivity index is 1.39. The highest BCUT2D eigenvalue weighted by Gasteiger charge is 2.19. The summed E-state index contributed by atoms with van der Waals surface area (Å²) in [5.74, 6) is 0.553. The van der Waals surface area contributed by atoms with Gasteiger partial charge in [-0.25, -0.2) is 0 Å². The van der Waals surface area contributed by atoms with Crippen LogP contribution in [0, 0.1) is 0 Å². The van der Waals surface area contributed by atoms with Gasteiger partial charge in [-0.05, 0) is 48.4 Å². The third-order valence-electron chi connectivity index (χ3n) is 5.09. The molecule has 1 aliphatic rings. The van der Waals surface area contributed by atoms with E-state index >= 15 is 0 Å². The standard InChI is InChI=1S/C23H31N3O3/c1-2-24-12-14-29-22-9-7-19(8-10-22)23(28)25-15-21(27)17-26-13-11-18-5-3-4-6-20(18)16-26/h3-10,21,24,27H,2,11-17H2,1H3,(H,25,28)/t21-/m0/s1. The van der Waals surface area contributed by atoms with Crippen LogP contribution in [-0.4, -0.2) is 61.3 Å². The largest absolute Gasteiger partial charge is 0.492 e. The minimum atomic E-state index is -0.599. The molecule has 0 saturated carbocycles. The number of aliphatic hydroxyl groups excluding tert-OH is 1. The fraction of sp³-hybridized carbons (Fsp3) is 0.435. The Hall–Kier alpha value is -2.41. The van der Waals surface area contributed by atoms with Crippen LogP contribution in [0.2, 0.25) is 0 Å². The number of hydrogen-bond acceptors (Lipinski definition) is 5. The molecule has 0 bridgehead atoms. The van der Waals surface area contributed by atoms with Crippen molar-refractivity contribution in [1.29, 1.82) is 0 Å². The van der Waals surface area contributed by atoms with Gasteiger partial charge < -0.3 is 20.5 Å². The lowest BCUT2D eigenvalue weighted by molar-refractivity contribution is 0.0842. The molecule has 6 heteroatoms. The predicted octanol–water partition coefficient (Wildman–Crippen LogP) is 1.82. The summed E-state index contributed by atoms with van der Waals surface area (Å²) >= 11 is 0. The second-order valence-corrected chi connectivity index (χ2v) is 7.34. The number of benzene rings is 2. The minimum Gasteiger partial charge on any atom is -0.492 e. The van der Waals surface area contributed by atoms with Crippen molar-refractivity contribution in [3.05, 3.63) is 65.2 Å². The Bertz CT molecular complexity index is 779. The van der Waals surface area contributed by atoms with Crippen molar-refractivity contribution in [3.63, 3.8) is 0 Å². The van der Waals surface area contributed by atoms with E-state index in [4.69, 9.17) is 4.74 Å². The molecule has 6 nitrogen and oxygen atoms in total. The van der Waals surface area contributed by atoms with Gasteiger partial charge in [0.15, 0.2) is 0 Å². The summed E-state index contributed by atoms with van der Waals surface area (Å²) in [6, 6.07) is 15.5. The molecule has 1 aliphatic heterocycles. The highest BCUT2D eigenvalue weighted by atomic mass is 16.5. The van der Waals surface area contributed by atoms with Crippen molar-refractivity contribution in [2.75, 3.05) is 39.3 Å². The Morgan fingerprint density at radius 1 is 1.17 bits per heavy atom. The maximum Gasteiger partial charge on any atom is 0.251 e. The fourth-order valence-corrected chi connectivity index (χ4v) is 3.51. The zero-order valence-electron chi connectivity index (χ0n) is 17.1. The highest BCUT2D eigenvalue weighted by molar-refractivity contribution is 5.94. The minimum absolute atomic E-state index is 0.188. The maximum absolute atomic E-state index is 12.3. The predicted molar refractivity (Wildman–Crippen MR) is 114 cm³/mol. The summed E-state index contributed by atoms with van der Waals surface area (Å²) in [4.78, 5) is 14.6. The van der Waals surface area contributed by atoms with Crippen molar-refractivity contribution in [2.24, 2.45) is 0 Å². The number of aliphatic hydroxyl groups is 1. The molecule has 0 aliphatic carbocycles. The SMILES string of the molecule is CCNCCOc1ccc(C(=O)NC[C@H](O)CN2CCc3ccccc3C2)cc1. The van der Waals surface area contributed by atoms with Gasteiger partial charge in [-0.3, -0.25) is 9.69 Å². The number of hydrogen-bond donors (Lipinski definition) is 3. The van der Waals surface area contributed by atoms with Crippen molar-refractivity contribution in [3.8, 4) is 5.75 Å². The molecule has 3 rings (SSSR count). The average molecular weight is 398 g/mol. The molecule has 3 N–H and O–H groups in total. The van der Waals surface area contributed by atoms with Gasteiger partial charge in [0.1, 0.15) is 12.4 Å². The number of carbonyl (C=O) groups is 1. The molecule has 1 amide bonds. The van der Waals surface area contributed by atoms with Crippen LogP contribution in [0.1, 0.15) is 28.4 Å². The number of likely N-dealkylation sites (N-methyl/N-ethyl adjacent to an activating group) is 1. The van der Waals surface area contributed by atoms with Crippen molar-refractivity contribution < 1.29 is 14.6 Å². The molecule has 2 aromatic carbocycles. The van der Waals surface area contributed by atoms with E-state index in [1.54, 1.807) is 24.3 Å². The first-order valence-corrected chi connectivity index (χ1v) is 10.3. The molecule has 2 aromatic rings. The second-order valence-electron chi connectivity index (χ2n) is 7.34. The van der Waals surface area contributed by atoms with E-state index < -0.39 is 6.10 Å². The third kappa shape index (κ3) is 6.56. The normalized spacial score (nSPS) is 14.8. The summed E-state index contributed by atoms with van der Waals surface area (Å²) in [5.41, 5.74) is 3.27. The van der Waals surface area contributed by atoms with Crippen LogP contribution >= 0.6 is 0 Å². The van der Waals surface area contributed by atoms with E-state index in [-0.39, 0.29) is 12.5 Å². The maximum atomic E-state index is 12.3. The van der Waals surface area contributed by atoms with Gasteiger partial charge in [0.2, 0.25) is 0 Å². The van der Waals surface area contributed by atoms with E-state index in [1.807, 2.05) is 0 Å². The zero-order chi connectivity index (χ0) is 20.5. The van der Waals surface area contributed by atoms with Crippen molar-refractivity contribution in [2.45, 2.75) is 26.0 Å². The Labute approximate surface area is 172 Å². The van der Waals surface area contributed by atoms with E-state index in [9.17, 15) is 9.90 Å². The van der Waals surface area contributed by atoms with Gasteiger partial charge in [0.25, 0.3) is 5.91 Å². The quantitative estimate of drug-likeness (QED) is 0.534. The molecule has 0 saturated heterocycles. The zero-order valence-corrected chi connectivity index (χ0v) is 17.1. The average Bonchev–Trinajstić information content (AvgIpc) is 2.75. The Kier molecular flexibility index (Phi) is 8.04. The summed E-state index contributed by atoms with van der Waals surface area (Å²) in [6.07, 6.45) is 0.399. The summed E-state index contributed by atoms with van der Waals surface area (Å²) < 4.78 is 5.61. The van der Waals surface area contributed by atoms with E-state index in [1.165, 1.54) is 11.1 Å². The van der Waals surface area contributed by atoms with Gasteiger partial charge in [-0.15, -0.1) is 0 Å². The molecule has 0 unspecified atom stereocenters. The van der Waals surface area contributed by atoms with Crippen molar-refractivity contribution >= 4 is 5.91 Å². The monoisotopic (exact) mass is 397 g/mol. The molecule has 0 radical (unpaired) electrons. The molecule has 1 heterocycles. The number of rotatable bonds is 10. The third-order valence-corrected chi connectivity index (χ3v) is 5.09. The molecule has 156 valence electrons. The van der Waals surface area contributed by atoms with E-state index in [2.05, 4.69) is 46.7 Å².